The Morgan fingerprint density at radius 2 is 1.83 bits per heavy atom. The summed E-state index contributed by atoms with van der Waals surface area (Å²) in [5.74, 6) is 0.824. The molecule has 0 aliphatic carbocycles. The highest BCUT2D eigenvalue weighted by Gasteiger charge is 2.22. The number of β-amino-alcohol motifs (C(OH)–C–C–N with tert-alkyl or cyclic N) is 1. The van der Waals surface area contributed by atoms with Gasteiger partial charge in [-0.05, 0) is 55.9 Å². The summed E-state index contributed by atoms with van der Waals surface area (Å²) in [7, 11) is 0. The quantitative estimate of drug-likeness (QED) is 0.882. The molecular formula is C18H27N3O2. The van der Waals surface area contributed by atoms with Crippen LogP contribution in [0.2, 0.25) is 0 Å². The van der Waals surface area contributed by atoms with Crippen molar-refractivity contribution < 1.29 is 9.90 Å². The van der Waals surface area contributed by atoms with E-state index < -0.39 is 6.10 Å². The van der Waals surface area contributed by atoms with Gasteiger partial charge in [-0.15, -0.1) is 0 Å². The summed E-state index contributed by atoms with van der Waals surface area (Å²) < 4.78 is 0. The molecule has 0 aromatic heterocycles. The molecule has 23 heavy (non-hydrogen) atoms. The van der Waals surface area contributed by atoms with Crippen LogP contribution in [-0.4, -0.2) is 48.3 Å². The van der Waals surface area contributed by atoms with E-state index in [9.17, 15) is 9.90 Å². The largest absolute Gasteiger partial charge is 0.391 e. The van der Waals surface area contributed by atoms with Gasteiger partial charge in [-0.1, -0.05) is 6.92 Å². The number of carbonyl (C=O) groups is 1. The predicted molar refractivity (Wildman–Crippen MR) is 92.9 cm³/mol. The number of nitrogens with one attached hydrogen (secondary N) is 1. The van der Waals surface area contributed by atoms with E-state index in [0.717, 1.165) is 37.5 Å². The first-order valence-electron chi connectivity index (χ1n) is 8.71. The molecule has 2 fully saturated rings. The van der Waals surface area contributed by atoms with Crippen LogP contribution in [0.15, 0.2) is 24.3 Å². The summed E-state index contributed by atoms with van der Waals surface area (Å²) in [6.45, 7) is 5.67. The molecule has 1 aromatic rings. The number of likely N-dealkylation sites (tertiary alicyclic amines) is 1. The fraction of sp³-hybridized carbons (Fsp3) is 0.611. The highest BCUT2D eigenvalue weighted by molar-refractivity contribution is 5.89. The lowest BCUT2D eigenvalue weighted by molar-refractivity contribution is 0.0883. The van der Waals surface area contributed by atoms with Gasteiger partial charge in [0.25, 0.3) is 0 Å². The van der Waals surface area contributed by atoms with Gasteiger partial charge < -0.3 is 20.2 Å². The Balaban J connectivity index is 1.56. The lowest BCUT2D eigenvalue weighted by Gasteiger charge is -2.32. The number of rotatable bonds is 2. The van der Waals surface area contributed by atoms with E-state index in [1.165, 1.54) is 18.5 Å². The zero-order chi connectivity index (χ0) is 16.2. The Morgan fingerprint density at radius 3 is 2.48 bits per heavy atom. The molecule has 1 unspecified atom stereocenters. The predicted octanol–water partition coefficient (Wildman–Crippen LogP) is 2.91. The molecule has 1 aromatic carbocycles. The van der Waals surface area contributed by atoms with E-state index >= 15 is 0 Å². The van der Waals surface area contributed by atoms with Crippen LogP contribution in [0.25, 0.3) is 0 Å². The zero-order valence-corrected chi connectivity index (χ0v) is 13.9. The van der Waals surface area contributed by atoms with Gasteiger partial charge in [-0.2, -0.15) is 0 Å². The van der Waals surface area contributed by atoms with Crippen LogP contribution < -0.4 is 10.2 Å². The Hall–Kier alpha value is -1.75. The lowest BCUT2D eigenvalue weighted by Crippen LogP contribution is -2.44. The van der Waals surface area contributed by atoms with Crippen molar-refractivity contribution in [1.29, 1.82) is 0 Å². The van der Waals surface area contributed by atoms with Crippen molar-refractivity contribution in [2.45, 2.75) is 38.7 Å². The SMILES string of the molecule is CC1CCN(c2ccc(NC(=O)N3CCCC(O)C3)cc2)CC1. The summed E-state index contributed by atoms with van der Waals surface area (Å²) >= 11 is 0. The number of carbonyl (C=O) groups excluding carboxylic acids is 1. The number of hydrogen-bond acceptors (Lipinski definition) is 3. The lowest BCUT2D eigenvalue weighted by atomic mass is 9.99. The number of piperidine rings is 2. The highest BCUT2D eigenvalue weighted by Crippen LogP contribution is 2.24. The minimum absolute atomic E-state index is 0.122. The van der Waals surface area contributed by atoms with E-state index in [1.54, 1.807) is 4.90 Å². The second-order valence-corrected chi connectivity index (χ2v) is 6.89. The average Bonchev–Trinajstić information content (AvgIpc) is 2.56. The van der Waals surface area contributed by atoms with Crippen LogP contribution in [0.1, 0.15) is 32.6 Å². The molecule has 5 nitrogen and oxygen atoms in total. The van der Waals surface area contributed by atoms with Crippen LogP contribution in [0.4, 0.5) is 16.2 Å². The zero-order valence-electron chi connectivity index (χ0n) is 13.9. The minimum atomic E-state index is -0.390. The number of anilines is 2. The summed E-state index contributed by atoms with van der Waals surface area (Å²) in [5, 5.41) is 12.6. The number of aliphatic hydroxyl groups is 1. The second-order valence-electron chi connectivity index (χ2n) is 6.89. The Labute approximate surface area is 138 Å². The van der Waals surface area contributed by atoms with Gasteiger partial charge in [0.2, 0.25) is 0 Å². The summed E-state index contributed by atoms with van der Waals surface area (Å²) in [4.78, 5) is 16.3. The van der Waals surface area contributed by atoms with Crippen LogP contribution in [-0.2, 0) is 0 Å². The van der Waals surface area contributed by atoms with E-state index in [1.807, 2.05) is 12.1 Å². The van der Waals surface area contributed by atoms with Crippen LogP contribution in [0.3, 0.4) is 0 Å². The van der Waals surface area contributed by atoms with E-state index in [4.69, 9.17) is 0 Å². The van der Waals surface area contributed by atoms with E-state index in [2.05, 4.69) is 29.3 Å². The number of aliphatic hydroxyl groups excluding tert-OH is 1. The number of urea groups is 1. The summed E-state index contributed by atoms with van der Waals surface area (Å²) in [6.07, 6.45) is 3.75. The van der Waals surface area contributed by atoms with Gasteiger partial charge in [0.15, 0.2) is 0 Å². The first-order chi connectivity index (χ1) is 11.1. The van der Waals surface area contributed by atoms with Gasteiger partial charge in [0.1, 0.15) is 0 Å². The van der Waals surface area contributed by atoms with Crippen LogP contribution in [0.5, 0.6) is 0 Å². The van der Waals surface area contributed by atoms with Crippen LogP contribution in [0, 0.1) is 5.92 Å². The van der Waals surface area contributed by atoms with Crippen molar-refractivity contribution in [3.8, 4) is 0 Å². The van der Waals surface area contributed by atoms with Gasteiger partial charge >= 0.3 is 6.03 Å². The molecule has 2 amide bonds. The molecular weight excluding hydrogens is 290 g/mol. The minimum Gasteiger partial charge on any atom is -0.391 e. The normalized spacial score (nSPS) is 23.0. The third-order valence-corrected chi connectivity index (χ3v) is 4.95. The molecule has 2 N–H and O–H groups in total. The Morgan fingerprint density at radius 1 is 1.13 bits per heavy atom. The molecule has 1 atom stereocenters. The maximum Gasteiger partial charge on any atom is 0.321 e. The third kappa shape index (κ3) is 4.16. The first kappa shape index (κ1) is 16.1. The second kappa shape index (κ2) is 7.21. The molecule has 5 heteroatoms. The van der Waals surface area contributed by atoms with Gasteiger partial charge in [-0.25, -0.2) is 4.79 Å². The Kier molecular flexibility index (Phi) is 5.06. The fourth-order valence-electron chi connectivity index (χ4n) is 3.36. The fourth-order valence-corrected chi connectivity index (χ4v) is 3.36. The van der Waals surface area contributed by atoms with Gasteiger partial charge in [-0.3, -0.25) is 0 Å². The standard InChI is InChI=1S/C18H27N3O2/c1-14-8-11-20(12-9-14)16-6-4-15(5-7-16)19-18(23)21-10-2-3-17(22)13-21/h4-7,14,17,22H,2-3,8-13H2,1H3,(H,19,23). The number of nitrogens with zero attached hydrogens (tertiary/aromatic N) is 2. The molecule has 2 aliphatic rings. The number of benzene rings is 1. The van der Waals surface area contributed by atoms with Crippen molar-refractivity contribution >= 4 is 17.4 Å². The summed E-state index contributed by atoms with van der Waals surface area (Å²) in [5.41, 5.74) is 2.03. The van der Waals surface area contributed by atoms with Gasteiger partial charge in [0, 0.05) is 37.6 Å². The molecule has 0 spiro atoms. The molecule has 2 heterocycles. The topological polar surface area (TPSA) is 55.8 Å². The maximum atomic E-state index is 12.2. The van der Waals surface area contributed by atoms with Crippen molar-refractivity contribution in [3.63, 3.8) is 0 Å². The van der Waals surface area contributed by atoms with Crippen molar-refractivity contribution in [2.75, 3.05) is 36.4 Å². The monoisotopic (exact) mass is 317 g/mol. The number of hydrogen-bond donors (Lipinski definition) is 2. The smallest absolute Gasteiger partial charge is 0.321 e. The molecule has 2 aliphatic heterocycles. The van der Waals surface area contributed by atoms with E-state index in [0.29, 0.717) is 13.1 Å². The van der Waals surface area contributed by atoms with Crippen molar-refractivity contribution in [3.05, 3.63) is 24.3 Å². The molecule has 3 rings (SSSR count). The third-order valence-electron chi connectivity index (χ3n) is 4.95. The van der Waals surface area contributed by atoms with Crippen molar-refractivity contribution in [1.82, 2.24) is 4.90 Å². The van der Waals surface area contributed by atoms with Crippen molar-refractivity contribution in [2.24, 2.45) is 5.92 Å². The number of amides is 2. The maximum absolute atomic E-state index is 12.2. The van der Waals surface area contributed by atoms with Gasteiger partial charge in [0.05, 0.1) is 6.10 Å². The average molecular weight is 317 g/mol. The molecule has 2 saturated heterocycles. The Bertz CT molecular complexity index is 524. The highest BCUT2D eigenvalue weighted by atomic mass is 16.3. The molecule has 0 bridgehead atoms. The molecule has 0 saturated carbocycles. The molecule has 126 valence electrons. The van der Waals surface area contributed by atoms with E-state index in [-0.39, 0.29) is 6.03 Å². The summed E-state index contributed by atoms with van der Waals surface area (Å²) in [6, 6.07) is 7.97. The first-order valence-corrected chi connectivity index (χ1v) is 8.71. The van der Waals surface area contributed by atoms with Crippen LogP contribution >= 0.6 is 0 Å². The molecule has 0 radical (unpaired) electrons.